The van der Waals surface area contributed by atoms with Crippen LogP contribution in [0.5, 0.6) is 0 Å². The normalized spacial score (nSPS) is 17.0. The Morgan fingerprint density at radius 2 is 2.19 bits per heavy atom. The maximum absolute atomic E-state index is 12.5. The summed E-state index contributed by atoms with van der Waals surface area (Å²) in [6, 6.07) is 12.1. The zero-order valence-electron chi connectivity index (χ0n) is 14.2. The third kappa shape index (κ3) is 3.60. The van der Waals surface area contributed by atoms with E-state index in [2.05, 4.69) is 33.9 Å². The number of aromatic nitrogens is 1. The van der Waals surface area contributed by atoms with Gasteiger partial charge in [0.05, 0.1) is 5.92 Å². The van der Waals surface area contributed by atoms with E-state index < -0.39 is 0 Å². The lowest BCUT2D eigenvalue weighted by atomic mass is 10.1. The Hall–Kier alpha value is -2.73. The van der Waals surface area contributed by atoms with Gasteiger partial charge in [-0.1, -0.05) is 12.1 Å². The van der Waals surface area contributed by atoms with E-state index in [-0.39, 0.29) is 24.2 Å². The molecule has 0 radical (unpaired) electrons. The Balaban J connectivity index is 1.34. The van der Waals surface area contributed by atoms with E-state index in [4.69, 9.17) is 0 Å². The first-order valence-electron chi connectivity index (χ1n) is 8.59. The van der Waals surface area contributed by atoms with Gasteiger partial charge in [-0.25, -0.2) is 0 Å². The average molecular weight is 365 g/mol. The molecule has 1 saturated heterocycles. The van der Waals surface area contributed by atoms with E-state index in [0.29, 0.717) is 19.6 Å². The molecule has 2 aromatic heterocycles. The summed E-state index contributed by atoms with van der Waals surface area (Å²) >= 11 is 1.71. The van der Waals surface area contributed by atoms with Crippen molar-refractivity contribution in [1.82, 2.24) is 15.2 Å². The zero-order valence-corrected chi connectivity index (χ0v) is 15.0. The number of rotatable bonds is 5. The fraction of sp³-hybridized carbons (Fsp3) is 0.250. The van der Waals surface area contributed by atoms with Crippen LogP contribution in [-0.2, 0) is 22.7 Å². The van der Waals surface area contributed by atoms with Crippen molar-refractivity contribution in [2.75, 3.05) is 6.54 Å². The maximum Gasteiger partial charge on any atom is 0.225 e. The molecule has 1 aliphatic heterocycles. The Morgan fingerprint density at radius 3 is 3.04 bits per heavy atom. The first-order valence-corrected chi connectivity index (χ1v) is 9.47. The van der Waals surface area contributed by atoms with Crippen molar-refractivity contribution >= 4 is 33.2 Å². The summed E-state index contributed by atoms with van der Waals surface area (Å²) in [5, 5.41) is 6.23. The van der Waals surface area contributed by atoms with Crippen molar-refractivity contribution in [1.29, 1.82) is 0 Å². The van der Waals surface area contributed by atoms with Crippen LogP contribution in [0.25, 0.3) is 10.1 Å². The molecule has 2 amide bonds. The fourth-order valence-corrected chi connectivity index (χ4v) is 4.04. The summed E-state index contributed by atoms with van der Waals surface area (Å²) in [6.07, 6.45) is 3.73. The van der Waals surface area contributed by atoms with Crippen molar-refractivity contribution in [3.05, 3.63) is 65.3 Å². The molecule has 26 heavy (non-hydrogen) atoms. The molecule has 0 aliphatic carbocycles. The largest absolute Gasteiger partial charge is 0.352 e. The summed E-state index contributed by atoms with van der Waals surface area (Å²) < 4.78 is 1.24. The van der Waals surface area contributed by atoms with Crippen molar-refractivity contribution in [2.45, 2.75) is 19.5 Å². The van der Waals surface area contributed by atoms with Gasteiger partial charge in [0.1, 0.15) is 0 Å². The van der Waals surface area contributed by atoms with Gasteiger partial charge in [0, 0.05) is 43.1 Å². The number of fused-ring (bicyclic) bond motifs is 1. The van der Waals surface area contributed by atoms with Gasteiger partial charge in [0.2, 0.25) is 11.8 Å². The van der Waals surface area contributed by atoms with E-state index in [0.717, 1.165) is 11.1 Å². The monoisotopic (exact) mass is 365 g/mol. The minimum absolute atomic E-state index is 0.0219. The Bertz CT molecular complexity index is 938. The third-order valence-electron chi connectivity index (χ3n) is 4.67. The number of likely N-dealkylation sites (tertiary alicyclic amines) is 1. The number of thiophene rings is 1. The highest BCUT2D eigenvalue weighted by atomic mass is 32.1. The molecule has 1 aliphatic rings. The van der Waals surface area contributed by atoms with Crippen LogP contribution in [0.3, 0.4) is 0 Å². The van der Waals surface area contributed by atoms with Gasteiger partial charge in [-0.2, -0.15) is 0 Å². The molecule has 6 heteroatoms. The van der Waals surface area contributed by atoms with Gasteiger partial charge in [0.15, 0.2) is 0 Å². The molecule has 1 N–H and O–H groups in total. The van der Waals surface area contributed by atoms with E-state index in [1.165, 1.54) is 10.1 Å². The molecule has 0 bridgehead atoms. The average Bonchev–Trinajstić information content (AvgIpc) is 3.27. The zero-order chi connectivity index (χ0) is 17.9. The first kappa shape index (κ1) is 16.7. The molecule has 3 heterocycles. The minimum Gasteiger partial charge on any atom is -0.352 e. The predicted molar refractivity (Wildman–Crippen MR) is 101 cm³/mol. The summed E-state index contributed by atoms with van der Waals surface area (Å²) in [4.78, 5) is 30.5. The summed E-state index contributed by atoms with van der Waals surface area (Å²) in [7, 11) is 0. The first-order chi connectivity index (χ1) is 12.7. The van der Waals surface area contributed by atoms with Crippen LogP contribution >= 0.6 is 11.3 Å². The van der Waals surface area contributed by atoms with Crippen molar-refractivity contribution < 1.29 is 9.59 Å². The number of amides is 2. The highest BCUT2D eigenvalue weighted by Crippen LogP contribution is 2.23. The Labute approximate surface area is 155 Å². The van der Waals surface area contributed by atoms with Crippen LogP contribution < -0.4 is 5.32 Å². The SMILES string of the molecule is O=C(NCc1ccc2sccc2c1)[C@H]1CC(=O)N(Cc2cccnc2)C1. The van der Waals surface area contributed by atoms with Gasteiger partial charge < -0.3 is 10.2 Å². The molecule has 1 fully saturated rings. The van der Waals surface area contributed by atoms with Crippen LogP contribution in [0.4, 0.5) is 0 Å². The number of carbonyl (C=O) groups is 2. The quantitative estimate of drug-likeness (QED) is 0.756. The lowest BCUT2D eigenvalue weighted by Gasteiger charge is -2.16. The van der Waals surface area contributed by atoms with E-state index in [1.54, 1.807) is 28.6 Å². The van der Waals surface area contributed by atoms with Crippen molar-refractivity contribution in [3.63, 3.8) is 0 Å². The highest BCUT2D eigenvalue weighted by molar-refractivity contribution is 7.17. The van der Waals surface area contributed by atoms with Crippen LogP contribution in [-0.4, -0.2) is 28.2 Å². The summed E-state index contributed by atoms with van der Waals surface area (Å²) in [5.74, 6) is -0.324. The molecule has 3 aromatic rings. The number of nitrogens with zero attached hydrogens (tertiary/aromatic N) is 2. The van der Waals surface area contributed by atoms with Crippen LogP contribution in [0, 0.1) is 5.92 Å². The second-order valence-electron chi connectivity index (χ2n) is 6.55. The number of hydrogen-bond acceptors (Lipinski definition) is 4. The molecular formula is C20H19N3O2S. The lowest BCUT2D eigenvalue weighted by molar-refractivity contribution is -0.129. The van der Waals surface area contributed by atoms with Gasteiger partial charge in [-0.15, -0.1) is 11.3 Å². The van der Waals surface area contributed by atoms with E-state index in [9.17, 15) is 9.59 Å². The van der Waals surface area contributed by atoms with Crippen molar-refractivity contribution in [2.24, 2.45) is 5.92 Å². The van der Waals surface area contributed by atoms with Gasteiger partial charge in [-0.3, -0.25) is 14.6 Å². The molecule has 0 saturated carbocycles. The second kappa shape index (κ2) is 7.25. The second-order valence-corrected chi connectivity index (χ2v) is 7.49. The van der Waals surface area contributed by atoms with Crippen LogP contribution in [0.15, 0.2) is 54.2 Å². The molecule has 132 valence electrons. The number of nitrogens with one attached hydrogen (secondary N) is 1. The van der Waals surface area contributed by atoms with Crippen LogP contribution in [0.1, 0.15) is 17.5 Å². The lowest BCUT2D eigenvalue weighted by Crippen LogP contribution is -2.32. The fourth-order valence-electron chi connectivity index (χ4n) is 3.27. The minimum atomic E-state index is -0.288. The molecule has 0 unspecified atom stereocenters. The molecule has 5 nitrogen and oxygen atoms in total. The number of carbonyl (C=O) groups excluding carboxylic acids is 2. The molecule has 0 spiro atoms. The molecular weight excluding hydrogens is 346 g/mol. The molecule has 4 rings (SSSR count). The Morgan fingerprint density at radius 1 is 1.27 bits per heavy atom. The highest BCUT2D eigenvalue weighted by Gasteiger charge is 2.34. The smallest absolute Gasteiger partial charge is 0.225 e. The van der Waals surface area contributed by atoms with Gasteiger partial charge >= 0.3 is 0 Å². The summed E-state index contributed by atoms with van der Waals surface area (Å²) in [6.45, 7) is 1.45. The summed E-state index contributed by atoms with van der Waals surface area (Å²) in [5.41, 5.74) is 2.05. The van der Waals surface area contributed by atoms with E-state index >= 15 is 0 Å². The number of hydrogen-bond donors (Lipinski definition) is 1. The van der Waals surface area contributed by atoms with E-state index in [1.807, 2.05) is 18.2 Å². The third-order valence-corrected chi connectivity index (χ3v) is 5.56. The maximum atomic E-state index is 12.5. The number of benzene rings is 1. The standard InChI is InChI=1S/C20H19N3O2S/c24-19-9-17(13-23(19)12-15-2-1-6-21-10-15)20(25)22-11-14-3-4-18-16(8-14)5-7-26-18/h1-8,10,17H,9,11-13H2,(H,22,25)/t17-/m0/s1. The Kier molecular flexibility index (Phi) is 4.67. The predicted octanol–water partition coefficient (Wildman–Crippen LogP) is 2.96. The topological polar surface area (TPSA) is 62.3 Å². The van der Waals surface area contributed by atoms with Gasteiger partial charge in [-0.05, 0) is 46.2 Å². The molecule has 1 atom stereocenters. The molecule has 1 aromatic carbocycles. The van der Waals surface area contributed by atoms with Crippen LogP contribution in [0.2, 0.25) is 0 Å². The van der Waals surface area contributed by atoms with Gasteiger partial charge in [0.25, 0.3) is 0 Å². The van der Waals surface area contributed by atoms with Crippen molar-refractivity contribution in [3.8, 4) is 0 Å². The number of pyridine rings is 1.